The molecule has 1 unspecified atom stereocenters. The van der Waals surface area contributed by atoms with Gasteiger partial charge in [0.05, 0.1) is 34.3 Å². The maximum atomic E-state index is 12.8. The molecule has 140 valence electrons. The van der Waals surface area contributed by atoms with E-state index < -0.39 is 50.2 Å². The van der Waals surface area contributed by atoms with E-state index in [1.165, 1.54) is 19.1 Å². The van der Waals surface area contributed by atoms with E-state index in [9.17, 15) is 34.6 Å². The largest absolute Gasteiger partial charge is 0.465 e. The molecular weight excluding hydrogens is 364 g/mol. The van der Waals surface area contributed by atoms with Crippen LogP contribution in [0, 0.1) is 26.1 Å². The lowest BCUT2D eigenvalue weighted by Crippen LogP contribution is -2.34. The van der Waals surface area contributed by atoms with Gasteiger partial charge in [0.1, 0.15) is 0 Å². The van der Waals surface area contributed by atoms with Crippen molar-refractivity contribution in [2.24, 2.45) is 5.92 Å². The average Bonchev–Trinajstić information content (AvgIpc) is 3.16. The van der Waals surface area contributed by atoms with Gasteiger partial charge in [-0.1, -0.05) is 0 Å². The fraction of sp³-hybridized carbons (Fsp3) is 0.188. The van der Waals surface area contributed by atoms with Crippen LogP contribution in [-0.2, 0) is 9.53 Å². The van der Waals surface area contributed by atoms with Crippen molar-refractivity contribution in [1.82, 2.24) is 0 Å². The molecule has 0 saturated carbocycles. The summed E-state index contributed by atoms with van der Waals surface area (Å²) in [6.45, 7) is 1.31. The lowest BCUT2D eigenvalue weighted by molar-refractivity contribution is -0.394. The van der Waals surface area contributed by atoms with Gasteiger partial charge in [-0.3, -0.25) is 34.6 Å². The fourth-order valence-corrected chi connectivity index (χ4v) is 2.27. The molecule has 1 aromatic heterocycles. The van der Waals surface area contributed by atoms with Gasteiger partial charge in [0.15, 0.2) is 17.5 Å². The second-order valence-electron chi connectivity index (χ2n) is 5.11. The van der Waals surface area contributed by atoms with Crippen LogP contribution in [-0.4, -0.2) is 34.0 Å². The summed E-state index contributed by atoms with van der Waals surface area (Å²) in [5, 5.41) is 22.0. The lowest BCUT2D eigenvalue weighted by Gasteiger charge is -2.12. The predicted octanol–water partition coefficient (Wildman–Crippen LogP) is 2.34. The molecule has 0 spiro atoms. The molecule has 11 heteroatoms. The SMILES string of the molecule is CCOC(=O)C(C(=O)c1ccco1)C(=O)c1ccc([N+](=O)[O-])cc1[N+](=O)[O-]. The zero-order valence-corrected chi connectivity index (χ0v) is 13.8. The Labute approximate surface area is 150 Å². The van der Waals surface area contributed by atoms with E-state index in [0.717, 1.165) is 18.4 Å². The minimum absolute atomic E-state index is 0.142. The van der Waals surface area contributed by atoms with Crippen molar-refractivity contribution in [2.75, 3.05) is 6.61 Å². The number of rotatable bonds is 8. The van der Waals surface area contributed by atoms with E-state index in [-0.39, 0.29) is 12.4 Å². The molecule has 0 saturated heterocycles. The average molecular weight is 376 g/mol. The Hall–Kier alpha value is -3.89. The molecule has 1 heterocycles. The van der Waals surface area contributed by atoms with E-state index in [2.05, 4.69) is 0 Å². The summed E-state index contributed by atoms with van der Waals surface area (Å²) in [6.07, 6.45) is 1.15. The normalized spacial score (nSPS) is 11.4. The van der Waals surface area contributed by atoms with Crippen molar-refractivity contribution in [3.05, 3.63) is 68.1 Å². The number of Topliss-reactive ketones (excluding diaryl/α,β-unsaturated/α-hetero) is 2. The Morgan fingerprint density at radius 2 is 1.81 bits per heavy atom. The third kappa shape index (κ3) is 4.03. The highest BCUT2D eigenvalue weighted by atomic mass is 16.6. The van der Waals surface area contributed by atoms with Gasteiger partial charge in [0, 0.05) is 6.07 Å². The Balaban J connectivity index is 2.55. The summed E-state index contributed by atoms with van der Waals surface area (Å²) in [6, 6.07) is 4.83. The van der Waals surface area contributed by atoms with Crippen LogP contribution < -0.4 is 0 Å². The number of non-ortho nitro benzene ring substituents is 1. The number of nitro benzene ring substituents is 2. The first kappa shape index (κ1) is 19.4. The molecule has 27 heavy (non-hydrogen) atoms. The number of carbonyl (C=O) groups is 3. The van der Waals surface area contributed by atoms with Gasteiger partial charge in [0.25, 0.3) is 11.4 Å². The first-order valence-electron chi connectivity index (χ1n) is 7.49. The highest BCUT2D eigenvalue weighted by Crippen LogP contribution is 2.28. The van der Waals surface area contributed by atoms with E-state index in [4.69, 9.17) is 9.15 Å². The minimum atomic E-state index is -2.05. The molecule has 2 rings (SSSR count). The van der Waals surface area contributed by atoms with Gasteiger partial charge in [-0.15, -0.1) is 0 Å². The Morgan fingerprint density at radius 1 is 1.11 bits per heavy atom. The Morgan fingerprint density at radius 3 is 2.33 bits per heavy atom. The van der Waals surface area contributed by atoms with Crippen molar-refractivity contribution in [2.45, 2.75) is 6.92 Å². The number of nitro groups is 2. The molecular formula is C16H12N2O9. The number of ketones is 2. The molecule has 1 aromatic carbocycles. The maximum absolute atomic E-state index is 12.8. The highest BCUT2D eigenvalue weighted by molar-refractivity contribution is 6.26. The maximum Gasteiger partial charge on any atom is 0.325 e. The van der Waals surface area contributed by atoms with Gasteiger partial charge >= 0.3 is 5.97 Å². The summed E-state index contributed by atoms with van der Waals surface area (Å²) in [5.74, 6) is -5.84. The van der Waals surface area contributed by atoms with E-state index in [1.807, 2.05) is 0 Å². The summed E-state index contributed by atoms with van der Waals surface area (Å²) in [5.41, 5.74) is -2.16. The van der Waals surface area contributed by atoms with Crippen molar-refractivity contribution in [3.8, 4) is 0 Å². The molecule has 1 atom stereocenters. The van der Waals surface area contributed by atoms with Gasteiger partial charge in [-0.25, -0.2) is 0 Å². The predicted molar refractivity (Wildman–Crippen MR) is 87.2 cm³/mol. The molecule has 0 aliphatic carbocycles. The first-order valence-corrected chi connectivity index (χ1v) is 7.49. The highest BCUT2D eigenvalue weighted by Gasteiger charge is 2.40. The van der Waals surface area contributed by atoms with Crippen molar-refractivity contribution >= 4 is 28.9 Å². The zero-order chi connectivity index (χ0) is 20.1. The van der Waals surface area contributed by atoms with Gasteiger partial charge in [0.2, 0.25) is 5.78 Å². The minimum Gasteiger partial charge on any atom is -0.465 e. The molecule has 0 N–H and O–H groups in total. The van der Waals surface area contributed by atoms with Gasteiger partial charge in [-0.05, 0) is 25.1 Å². The summed E-state index contributed by atoms with van der Waals surface area (Å²) in [4.78, 5) is 57.6. The van der Waals surface area contributed by atoms with Crippen LogP contribution in [0.1, 0.15) is 27.8 Å². The number of furan rings is 1. The van der Waals surface area contributed by atoms with Crippen molar-refractivity contribution in [1.29, 1.82) is 0 Å². The second-order valence-corrected chi connectivity index (χ2v) is 5.11. The Kier molecular flexibility index (Phi) is 5.75. The smallest absolute Gasteiger partial charge is 0.325 e. The third-order valence-corrected chi connectivity index (χ3v) is 3.46. The van der Waals surface area contributed by atoms with E-state index in [1.54, 1.807) is 0 Å². The Bertz CT molecular complexity index is 918. The lowest BCUT2D eigenvalue weighted by atomic mass is 9.91. The van der Waals surface area contributed by atoms with Gasteiger partial charge < -0.3 is 9.15 Å². The molecule has 0 fully saturated rings. The van der Waals surface area contributed by atoms with Crippen LogP contribution in [0.25, 0.3) is 0 Å². The van der Waals surface area contributed by atoms with Crippen LogP contribution in [0.3, 0.4) is 0 Å². The van der Waals surface area contributed by atoms with Crippen LogP contribution in [0.4, 0.5) is 11.4 Å². The number of benzene rings is 1. The molecule has 0 aliphatic rings. The molecule has 2 aromatic rings. The number of nitrogens with zero attached hydrogens (tertiary/aromatic N) is 2. The zero-order valence-electron chi connectivity index (χ0n) is 13.8. The van der Waals surface area contributed by atoms with Crippen LogP contribution >= 0.6 is 0 Å². The monoisotopic (exact) mass is 376 g/mol. The number of esters is 1. The molecule has 11 nitrogen and oxygen atoms in total. The van der Waals surface area contributed by atoms with E-state index in [0.29, 0.717) is 6.07 Å². The summed E-state index contributed by atoms with van der Waals surface area (Å²) in [7, 11) is 0. The fourth-order valence-electron chi connectivity index (χ4n) is 2.27. The topological polar surface area (TPSA) is 160 Å². The van der Waals surface area contributed by atoms with Crippen molar-refractivity contribution < 1.29 is 33.4 Å². The van der Waals surface area contributed by atoms with E-state index >= 15 is 0 Å². The standard InChI is InChI=1S/C16H12N2O9/c1-2-26-16(21)13(15(20)12-4-3-7-27-12)14(19)10-6-5-9(17(22)23)8-11(10)18(24)25/h3-8,13H,2H2,1H3. The number of carbonyl (C=O) groups excluding carboxylic acids is 3. The van der Waals surface area contributed by atoms with Crippen LogP contribution in [0.5, 0.6) is 0 Å². The summed E-state index contributed by atoms with van der Waals surface area (Å²) >= 11 is 0. The van der Waals surface area contributed by atoms with Crippen molar-refractivity contribution in [3.63, 3.8) is 0 Å². The summed E-state index contributed by atoms with van der Waals surface area (Å²) < 4.78 is 9.61. The first-order chi connectivity index (χ1) is 12.8. The number of hydrogen-bond donors (Lipinski definition) is 0. The quantitative estimate of drug-likeness (QED) is 0.221. The number of ether oxygens (including phenoxy) is 1. The van der Waals surface area contributed by atoms with Crippen LogP contribution in [0.15, 0.2) is 41.0 Å². The third-order valence-electron chi connectivity index (χ3n) is 3.46. The molecule has 0 radical (unpaired) electrons. The second kappa shape index (κ2) is 7.99. The van der Waals surface area contributed by atoms with Gasteiger partial charge in [-0.2, -0.15) is 0 Å². The molecule has 0 amide bonds. The molecule has 0 bridgehead atoms. The molecule has 0 aliphatic heterocycles. The van der Waals surface area contributed by atoms with Crippen LogP contribution in [0.2, 0.25) is 0 Å². The number of hydrogen-bond acceptors (Lipinski definition) is 9.